The Hall–Kier alpha value is -3.06. The monoisotopic (exact) mass is 396 g/mol. The van der Waals surface area contributed by atoms with Crippen LogP contribution in [0.1, 0.15) is 22.8 Å². The van der Waals surface area contributed by atoms with Gasteiger partial charge in [-0.05, 0) is 36.8 Å². The molecule has 7 nitrogen and oxygen atoms in total. The number of likely N-dealkylation sites (N-methyl/N-ethyl adjacent to an activating group) is 1. The molecule has 1 heterocycles. The van der Waals surface area contributed by atoms with Crippen LogP contribution in [-0.2, 0) is 11.3 Å². The molecular weight excluding hydrogens is 368 g/mol. The molecule has 2 N–H and O–H groups in total. The Bertz CT molecular complexity index is 871. The van der Waals surface area contributed by atoms with Gasteiger partial charge < -0.3 is 25.2 Å². The van der Waals surface area contributed by atoms with Crippen LogP contribution in [0.4, 0.5) is 16.2 Å². The van der Waals surface area contributed by atoms with Crippen LogP contribution in [-0.4, -0.2) is 56.7 Å². The summed E-state index contributed by atoms with van der Waals surface area (Å²) in [5, 5.41) is 5.72. The highest BCUT2D eigenvalue weighted by molar-refractivity contribution is 5.97. The third-order valence-electron chi connectivity index (χ3n) is 5.04. The molecule has 2 aromatic carbocycles. The lowest BCUT2D eigenvalue weighted by Crippen LogP contribution is -2.44. The van der Waals surface area contributed by atoms with Gasteiger partial charge in [-0.3, -0.25) is 4.79 Å². The molecule has 3 amide bonds. The van der Waals surface area contributed by atoms with Gasteiger partial charge in [-0.1, -0.05) is 24.3 Å². The van der Waals surface area contributed by atoms with E-state index >= 15 is 0 Å². The van der Waals surface area contributed by atoms with Crippen LogP contribution in [0.15, 0.2) is 48.5 Å². The van der Waals surface area contributed by atoms with Crippen molar-refractivity contribution in [2.75, 3.05) is 44.1 Å². The molecular formula is C22H28N4O3. The zero-order valence-corrected chi connectivity index (χ0v) is 17.1. The summed E-state index contributed by atoms with van der Waals surface area (Å²) in [6.45, 7) is 4.20. The van der Waals surface area contributed by atoms with Crippen LogP contribution in [0, 0.1) is 0 Å². The highest BCUT2D eigenvalue weighted by atomic mass is 16.5. The number of rotatable bonds is 5. The SMILES string of the molecule is COCCNC(=O)c1cccc(NC(=O)N2Cc3ccccc3N(C)C[C@@H]2C)c1. The topological polar surface area (TPSA) is 73.9 Å². The number of para-hydroxylation sites is 1. The Kier molecular flexibility index (Phi) is 6.72. The number of hydrogen-bond acceptors (Lipinski definition) is 4. The highest BCUT2D eigenvalue weighted by Gasteiger charge is 2.27. The van der Waals surface area contributed by atoms with Gasteiger partial charge in [0.25, 0.3) is 5.91 Å². The number of benzene rings is 2. The summed E-state index contributed by atoms with van der Waals surface area (Å²) in [7, 11) is 3.63. The zero-order valence-electron chi connectivity index (χ0n) is 17.1. The summed E-state index contributed by atoms with van der Waals surface area (Å²) in [5.74, 6) is -0.197. The van der Waals surface area contributed by atoms with Crippen LogP contribution in [0.5, 0.6) is 0 Å². The van der Waals surface area contributed by atoms with Gasteiger partial charge in [0.2, 0.25) is 0 Å². The van der Waals surface area contributed by atoms with Crippen LogP contribution in [0.2, 0.25) is 0 Å². The van der Waals surface area contributed by atoms with Crippen molar-refractivity contribution in [2.45, 2.75) is 19.5 Å². The summed E-state index contributed by atoms with van der Waals surface area (Å²) in [6, 6.07) is 14.9. The summed E-state index contributed by atoms with van der Waals surface area (Å²) < 4.78 is 4.94. The van der Waals surface area contributed by atoms with Crippen LogP contribution in [0.25, 0.3) is 0 Å². The Balaban J connectivity index is 1.71. The summed E-state index contributed by atoms with van der Waals surface area (Å²) in [6.07, 6.45) is 0. The maximum atomic E-state index is 13.0. The molecule has 0 unspecified atom stereocenters. The van der Waals surface area contributed by atoms with Crippen molar-refractivity contribution in [3.8, 4) is 0 Å². The molecule has 1 aliphatic rings. The fourth-order valence-corrected chi connectivity index (χ4v) is 3.52. The second-order valence-corrected chi connectivity index (χ2v) is 7.25. The van der Waals surface area contributed by atoms with E-state index in [0.717, 1.165) is 17.8 Å². The lowest BCUT2D eigenvalue weighted by molar-refractivity contribution is 0.0937. The molecule has 1 aliphatic heterocycles. The van der Waals surface area contributed by atoms with Gasteiger partial charge in [0.1, 0.15) is 0 Å². The van der Waals surface area contributed by atoms with Crippen molar-refractivity contribution in [1.29, 1.82) is 0 Å². The first kappa shape index (κ1) is 20.7. The number of hydrogen-bond donors (Lipinski definition) is 2. The standard InChI is InChI=1S/C22H28N4O3/c1-16-14-25(2)20-10-5-4-7-18(20)15-26(16)22(28)24-19-9-6-8-17(13-19)21(27)23-11-12-29-3/h4-10,13,16H,11-12,14-15H2,1-3H3,(H,23,27)(H,24,28)/t16-/m0/s1. The van der Waals surface area contributed by atoms with E-state index < -0.39 is 0 Å². The number of urea groups is 1. The molecule has 29 heavy (non-hydrogen) atoms. The first-order chi connectivity index (χ1) is 14.0. The van der Waals surface area contributed by atoms with Crippen molar-refractivity contribution in [1.82, 2.24) is 10.2 Å². The van der Waals surface area contributed by atoms with Crippen LogP contribution >= 0.6 is 0 Å². The van der Waals surface area contributed by atoms with Gasteiger partial charge in [0, 0.05) is 56.8 Å². The van der Waals surface area contributed by atoms with E-state index in [1.807, 2.05) is 31.0 Å². The fourth-order valence-electron chi connectivity index (χ4n) is 3.52. The average molecular weight is 396 g/mol. The number of amides is 3. The molecule has 0 aromatic heterocycles. The first-order valence-electron chi connectivity index (χ1n) is 9.73. The number of nitrogens with zero attached hydrogens (tertiary/aromatic N) is 2. The number of fused-ring (bicyclic) bond motifs is 1. The van der Waals surface area contributed by atoms with Gasteiger partial charge in [-0.25, -0.2) is 4.79 Å². The zero-order chi connectivity index (χ0) is 20.8. The van der Waals surface area contributed by atoms with E-state index in [4.69, 9.17) is 4.74 Å². The molecule has 0 fully saturated rings. The predicted molar refractivity (Wildman–Crippen MR) is 114 cm³/mol. The summed E-state index contributed by atoms with van der Waals surface area (Å²) in [5.41, 5.74) is 3.34. The van der Waals surface area contributed by atoms with E-state index in [-0.39, 0.29) is 18.0 Å². The molecule has 0 saturated heterocycles. The highest BCUT2D eigenvalue weighted by Crippen LogP contribution is 2.26. The summed E-state index contributed by atoms with van der Waals surface area (Å²) >= 11 is 0. The Morgan fingerprint density at radius 3 is 2.76 bits per heavy atom. The molecule has 3 rings (SSSR count). The minimum absolute atomic E-state index is 0.0351. The van der Waals surface area contributed by atoms with Crippen molar-refractivity contribution in [3.05, 3.63) is 59.7 Å². The molecule has 7 heteroatoms. The average Bonchev–Trinajstić information content (AvgIpc) is 2.84. The number of nitrogens with one attached hydrogen (secondary N) is 2. The van der Waals surface area contributed by atoms with Gasteiger partial charge in [0.15, 0.2) is 0 Å². The van der Waals surface area contributed by atoms with Gasteiger partial charge >= 0.3 is 6.03 Å². The minimum atomic E-state index is -0.197. The Morgan fingerprint density at radius 2 is 1.97 bits per heavy atom. The fraction of sp³-hybridized carbons (Fsp3) is 0.364. The maximum absolute atomic E-state index is 13.0. The van der Waals surface area contributed by atoms with Gasteiger partial charge in [0.05, 0.1) is 6.61 Å². The predicted octanol–water partition coefficient (Wildman–Crippen LogP) is 2.94. The van der Waals surface area contributed by atoms with E-state index in [1.54, 1.807) is 31.4 Å². The number of carbonyl (C=O) groups is 2. The third kappa shape index (κ3) is 5.06. The van der Waals surface area contributed by atoms with Crippen LogP contribution in [0.3, 0.4) is 0 Å². The van der Waals surface area contributed by atoms with Gasteiger partial charge in [-0.2, -0.15) is 0 Å². The number of methoxy groups -OCH3 is 1. The van der Waals surface area contributed by atoms with Crippen molar-refractivity contribution in [3.63, 3.8) is 0 Å². The Labute approximate surface area is 171 Å². The number of anilines is 2. The van der Waals surface area contributed by atoms with Crippen molar-refractivity contribution >= 4 is 23.3 Å². The van der Waals surface area contributed by atoms with E-state index in [0.29, 0.717) is 30.9 Å². The number of carbonyl (C=O) groups excluding carboxylic acids is 2. The van der Waals surface area contributed by atoms with Crippen LogP contribution < -0.4 is 15.5 Å². The molecule has 0 saturated carbocycles. The van der Waals surface area contributed by atoms with Crippen molar-refractivity contribution in [2.24, 2.45) is 0 Å². The smallest absolute Gasteiger partial charge is 0.322 e. The molecule has 0 bridgehead atoms. The third-order valence-corrected chi connectivity index (χ3v) is 5.04. The van der Waals surface area contributed by atoms with Crippen molar-refractivity contribution < 1.29 is 14.3 Å². The van der Waals surface area contributed by atoms with E-state index in [2.05, 4.69) is 27.7 Å². The lowest BCUT2D eigenvalue weighted by Gasteiger charge is -2.28. The second-order valence-electron chi connectivity index (χ2n) is 7.25. The maximum Gasteiger partial charge on any atom is 0.322 e. The normalized spacial score (nSPS) is 16.0. The first-order valence-corrected chi connectivity index (χ1v) is 9.73. The van der Waals surface area contributed by atoms with Gasteiger partial charge in [-0.15, -0.1) is 0 Å². The quantitative estimate of drug-likeness (QED) is 0.762. The van der Waals surface area contributed by atoms with E-state index in [1.165, 1.54) is 0 Å². The summed E-state index contributed by atoms with van der Waals surface area (Å²) in [4.78, 5) is 29.3. The molecule has 2 aromatic rings. The number of ether oxygens (including phenoxy) is 1. The molecule has 0 spiro atoms. The second kappa shape index (κ2) is 9.43. The largest absolute Gasteiger partial charge is 0.383 e. The lowest BCUT2D eigenvalue weighted by atomic mass is 10.1. The molecule has 1 atom stereocenters. The molecule has 0 radical (unpaired) electrons. The molecule has 0 aliphatic carbocycles. The minimum Gasteiger partial charge on any atom is -0.383 e. The van der Waals surface area contributed by atoms with E-state index in [9.17, 15) is 9.59 Å². The Morgan fingerprint density at radius 1 is 1.17 bits per heavy atom. The molecule has 154 valence electrons.